The number of hydrogen-bond donors (Lipinski definition) is 1. The summed E-state index contributed by atoms with van der Waals surface area (Å²) in [7, 11) is 1.47. The van der Waals surface area contributed by atoms with Gasteiger partial charge in [0.15, 0.2) is 0 Å². The summed E-state index contributed by atoms with van der Waals surface area (Å²) in [5, 5.41) is 24.6. The number of carbonyl (C=O) groups is 1. The van der Waals surface area contributed by atoms with Crippen LogP contribution < -0.4 is 10.5 Å². The van der Waals surface area contributed by atoms with Gasteiger partial charge in [0, 0.05) is 23.3 Å². The Morgan fingerprint density at radius 3 is 2.70 bits per heavy atom. The fourth-order valence-corrected chi connectivity index (χ4v) is 2.60. The molecule has 0 saturated heterocycles. The van der Waals surface area contributed by atoms with Gasteiger partial charge in [0.2, 0.25) is 0 Å². The van der Waals surface area contributed by atoms with Crippen LogP contribution in [0.3, 0.4) is 0 Å². The van der Waals surface area contributed by atoms with Crippen molar-refractivity contribution in [1.29, 1.82) is 5.26 Å². The molecule has 134 valence electrons. The molecule has 9 heteroatoms. The number of benzene rings is 2. The molecule has 0 saturated carbocycles. The second-order valence-corrected chi connectivity index (χ2v) is 5.45. The molecule has 0 atom stereocenters. The van der Waals surface area contributed by atoms with Crippen molar-refractivity contribution < 1.29 is 14.5 Å². The van der Waals surface area contributed by atoms with E-state index in [1.807, 2.05) is 6.07 Å². The van der Waals surface area contributed by atoms with Gasteiger partial charge < -0.3 is 10.5 Å². The van der Waals surface area contributed by atoms with Crippen LogP contribution in [0.5, 0.6) is 5.75 Å². The van der Waals surface area contributed by atoms with Crippen molar-refractivity contribution in [3.05, 3.63) is 69.8 Å². The number of aromatic nitrogens is 2. The van der Waals surface area contributed by atoms with Gasteiger partial charge in [0.1, 0.15) is 28.9 Å². The third-order valence-electron chi connectivity index (χ3n) is 3.89. The van der Waals surface area contributed by atoms with Gasteiger partial charge in [-0.3, -0.25) is 14.9 Å². The van der Waals surface area contributed by atoms with Gasteiger partial charge in [-0.25, -0.2) is 0 Å². The Morgan fingerprint density at radius 1 is 1.30 bits per heavy atom. The number of nitrogens with two attached hydrogens (primary N) is 1. The van der Waals surface area contributed by atoms with Crippen LogP contribution >= 0.6 is 0 Å². The molecule has 0 aliphatic heterocycles. The van der Waals surface area contributed by atoms with Crippen molar-refractivity contribution in [3.8, 4) is 23.1 Å². The lowest BCUT2D eigenvalue weighted by Gasteiger charge is -2.05. The number of hydrogen-bond acceptors (Lipinski definition) is 7. The van der Waals surface area contributed by atoms with E-state index < -0.39 is 10.8 Å². The molecule has 0 bridgehead atoms. The minimum absolute atomic E-state index is 0.0123. The van der Waals surface area contributed by atoms with Gasteiger partial charge in [-0.1, -0.05) is 18.2 Å². The summed E-state index contributed by atoms with van der Waals surface area (Å²) < 4.78 is 6.14. The molecule has 9 nitrogen and oxygen atoms in total. The zero-order valence-electron chi connectivity index (χ0n) is 14.1. The van der Waals surface area contributed by atoms with Gasteiger partial charge in [-0.15, -0.1) is 0 Å². The van der Waals surface area contributed by atoms with E-state index in [9.17, 15) is 20.2 Å². The minimum atomic E-state index is -0.686. The highest BCUT2D eigenvalue weighted by molar-refractivity contribution is 5.99. The summed E-state index contributed by atoms with van der Waals surface area (Å²) in [6.07, 6.45) is 0. The molecule has 3 aromatic rings. The highest BCUT2D eigenvalue weighted by Crippen LogP contribution is 2.33. The maximum Gasteiger partial charge on any atom is 0.280 e. The Labute approximate surface area is 153 Å². The van der Waals surface area contributed by atoms with E-state index in [-0.39, 0.29) is 28.3 Å². The molecular formula is C18H13N5O4. The number of nitro benzene ring substituents is 1. The van der Waals surface area contributed by atoms with Crippen molar-refractivity contribution >= 4 is 17.4 Å². The topological polar surface area (TPSA) is 137 Å². The van der Waals surface area contributed by atoms with Crippen LogP contribution in [0.15, 0.2) is 48.5 Å². The third-order valence-corrected chi connectivity index (χ3v) is 3.89. The first-order chi connectivity index (χ1) is 13.0. The first kappa shape index (κ1) is 17.6. The van der Waals surface area contributed by atoms with Gasteiger partial charge in [0.05, 0.1) is 12.0 Å². The minimum Gasteiger partial charge on any atom is -0.496 e. The molecule has 27 heavy (non-hydrogen) atoms. The van der Waals surface area contributed by atoms with Gasteiger partial charge in [0.25, 0.3) is 11.6 Å². The highest BCUT2D eigenvalue weighted by atomic mass is 16.6. The summed E-state index contributed by atoms with van der Waals surface area (Å²) in [5.41, 5.74) is 6.44. The Hall–Kier alpha value is -4.19. The molecule has 1 aromatic heterocycles. The fourth-order valence-electron chi connectivity index (χ4n) is 2.60. The quantitative estimate of drug-likeness (QED) is 0.555. The van der Waals surface area contributed by atoms with Crippen molar-refractivity contribution in [2.24, 2.45) is 0 Å². The number of nitriles is 1. The summed E-state index contributed by atoms with van der Waals surface area (Å²) in [4.78, 5) is 23.1. The van der Waals surface area contributed by atoms with Crippen molar-refractivity contribution in [2.45, 2.75) is 0 Å². The van der Waals surface area contributed by atoms with Crippen LogP contribution in [-0.2, 0) is 0 Å². The number of carbonyl (C=O) groups excluding carboxylic acids is 1. The molecular weight excluding hydrogens is 350 g/mol. The van der Waals surface area contributed by atoms with Crippen LogP contribution in [0.2, 0.25) is 0 Å². The van der Waals surface area contributed by atoms with Crippen LogP contribution in [0.1, 0.15) is 15.9 Å². The standard InChI is InChI=1S/C18H13N5O4/c1-27-15-8-3-2-7-13(15)16-14(10-19)17(20)22(21-16)18(24)11-5-4-6-12(9-11)23(25)26/h2-9H,20H2,1H3. The number of para-hydroxylation sites is 1. The second kappa shape index (κ2) is 6.97. The molecule has 2 aromatic carbocycles. The van der Waals surface area contributed by atoms with E-state index in [4.69, 9.17) is 10.5 Å². The zero-order chi connectivity index (χ0) is 19.6. The predicted octanol–water partition coefficient (Wildman–Crippen LogP) is 2.61. The average molecular weight is 363 g/mol. The number of nitrogens with zero attached hydrogens (tertiary/aromatic N) is 4. The van der Waals surface area contributed by atoms with Gasteiger partial charge in [-0.2, -0.15) is 15.0 Å². The van der Waals surface area contributed by atoms with Crippen LogP contribution in [0.4, 0.5) is 11.5 Å². The summed E-state index contributed by atoms with van der Waals surface area (Å²) >= 11 is 0. The molecule has 0 aliphatic rings. The summed E-state index contributed by atoms with van der Waals surface area (Å²) in [6.45, 7) is 0. The van der Waals surface area contributed by atoms with Crippen LogP contribution in [0.25, 0.3) is 11.3 Å². The fraction of sp³-hybridized carbons (Fsp3) is 0.0556. The third kappa shape index (κ3) is 3.07. The number of rotatable bonds is 4. The Bertz CT molecular complexity index is 1100. The maximum atomic E-state index is 12.8. The van der Waals surface area contributed by atoms with Gasteiger partial charge in [-0.05, 0) is 18.2 Å². The number of nitro groups is 1. The summed E-state index contributed by atoms with van der Waals surface area (Å²) in [6, 6.07) is 14.0. The lowest BCUT2D eigenvalue weighted by molar-refractivity contribution is -0.384. The molecule has 0 spiro atoms. The van der Waals surface area contributed by atoms with E-state index in [1.165, 1.54) is 25.3 Å². The van der Waals surface area contributed by atoms with Crippen molar-refractivity contribution in [3.63, 3.8) is 0 Å². The number of anilines is 1. The van der Waals surface area contributed by atoms with E-state index in [0.29, 0.717) is 11.3 Å². The Balaban J connectivity index is 2.15. The normalized spacial score (nSPS) is 10.2. The van der Waals surface area contributed by atoms with Crippen molar-refractivity contribution in [2.75, 3.05) is 12.8 Å². The first-order valence-corrected chi connectivity index (χ1v) is 7.69. The number of non-ortho nitro benzene ring substituents is 1. The van der Waals surface area contributed by atoms with E-state index in [1.54, 1.807) is 24.3 Å². The lowest BCUT2D eigenvalue weighted by Crippen LogP contribution is -2.16. The molecule has 0 amide bonds. The summed E-state index contributed by atoms with van der Waals surface area (Å²) in [5.74, 6) is -0.384. The van der Waals surface area contributed by atoms with E-state index >= 15 is 0 Å². The Kier molecular flexibility index (Phi) is 4.55. The lowest BCUT2D eigenvalue weighted by atomic mass is 10.1. The van der Waals surface area contributed by atoms with E-state index in [2.05, 4.69) is 5.10 Å². The number of ether oxygens (including phenoxy) is 1. The number of methoxy groups -OCH3 is 1. The molecule has 2 N–H and O–H groups in total. The van der Waals surface area contributed by atoms with Gasteiger partial charge >= 0.3 is 0 Å². The molecule has 3 rings (SSSR count). The monoisotopic (exact) mass is 363 g/mol. The molecule has 0 unspecified atom stereocenters. The predicted molar refractivity (Wildman–Crippen MR) is 96.2 cm³/mol. The highest BCUT2D eigenvalue weighted by Gasteiger charge is 2.24. The maximum absolute atomic E-state index is 12.8. The first-order valence-electron chi connectivity index (χ1n) is 7.69. The Morgan fingerprint density at radius 2 is 2.04 bits per heavy atom. The van der Waals surface area contributed by atoms with Crippen molar-refractivity contribution in [1.82, 2.24) is 9.78 Å². The van der Waals surface area contributed by atoms with Crippen LogP contribution in [0, 0.1) is 21.4 Å². The largest absolute Gasteiger partial charge is 0.496 e. The second-order valence-electron chi connectivity index (χ2n) is 5.45. The molecule has 0 aliphatic carbocycles. The molecule has 0 radical (unpaired) electrons. The zero-order valence-corrected chi connectivity index (χ0v) is 14.1. The average Bonchev–Trinajstić information content (AvgIpc) is 3.03. The smallest absolute Gasteiger partial charge is 0.280 e. The van der Waals surface area contributed by atoms with Crippen LogP contribution in [-0.4, -0.2) is 27.7 Å². The van der Waals surface area contributed by atoms with E-state index in [0.717, 1.165) is 10.7 Å². The molecule has 1 heterocycles. The SMILES string of the molecule is COc1ccccc1-c1nn(C(=O)c2cccc([N+](=O)[O-])c2)c(N)c1C#N. The number of nitrogen functional groups attached to an aromatic ring is 1. The molecule has 0 fully saturated rings.